The molecule has 2 aromatic heterocycles. The van der Waals surface area contributed by atoms with Crippen molar-refractivity contribution in [2.24, 2.45) is 0 Å². The van der Waals surface area contributed by atoms with Gasteiger partial charge in [0.2, 0.25) is 0 Å². The monoisotopic (exact) mass is 426 g/mol. The van der Waals surface area contributed by atoms with Gasteiger partial charge in [-0.2, -0.15) is 18.4 Å². The third-order valence-electron chi connectivity index (χ3n) is 4.03. The SMILES string of the molecule is N#Cc1cc(Oc2ccc(SC(F)(F)F)cc2)cc(Nc2ccc3cc[nH]c3c2)n1. The molecule has 2 N–H and O–H groups in total. The van der Waals surface area contributed by atoms with Gasteiger partial charge >= 0.3 is 5.51 Å². The summed E-state index contributed by atoms with van der Waals surface area (Å²) in [5.74, 6) is 1.08. The zero-order valence-corrected chi connectivity index (χ0v) is 16.0. The Morgan fingerprint density at radius 1 is 1.00 bits per heavy atom. The second kappa shape index (κ2) is 8.00. The predicted molar refractivity (Wildman–Crippen MR) is 109 cm³/mol. The number of rotatable bonds is 5. The van der Waals surface area contributed by atoms with Crippen LogP contribution < -0.4 is 10.1 Å². The molecule has 30 heavy (non-hydrogen) atoms. The lowest BCUT2D eigenvalue weighted by molar-refractivity contribution is -0.0328. The Bertz CT molecular complexity index is 1230. The van der Waals surface area contributed by atoms with E-state index in [0.717, 1.165) is 16.6 Å². The summed E-state index contributed by atoms with van der Waals surface area (Å²) in [7, 11) is 0. The number of nitriles is 1. The Morgan fingerprint density at radius 2 is 1.80 bits per heavy atom. The first-order valence-corrected chi connectivity index (χ1v) is 9.50. The molecule has 0 saturated carbocycles. The number of halogens is 3. The molecule has 0 saturated heterocycles. The summed E-state index contributed by atoms with van der Waals surface area (Å²) in [4.78, 5) is 7.40. The number of benzene rings is 2. The summed E-state index contributed by atoms with van der Waals surface area (Å²) < 4.78 is 43.1. The van der Waals surface area contributed by atoms with Crippen molar-refractivity contribution >= 4 is 34.2 Å². The minimum absolute atomic E-state index is 0.0596. The molecular formula is C21H13F3N4OS. The highest BCUT2D eigenvalue weighted by molar-refractivity contribution is 8.00. The lowest BCUT2D eigenvalue weighted by Crippen LogP contribution is -1.99. The van der Waals surface area contributed by atoms with Crippen molar-refractivity contribution in [3.8, 4) is 17.6 Å². The van der Waals surface area contributed by atoms with Crippen LogP contribution in [-0.4, -0.2) is 15.5 Å². The molecule has 9 heteroatoms. The van der Waals surface area contributed by atoms with Crippen molar-refractivity contribution in [2.45, 2.75) is 10.4 Å². The molecule has 0 atom stereocenters. The number of H-pyrrole nitrogens is 1. The normalized spacial score (nSPS) is 11.3. The van der Waals surface area contributed by atoms with E-state index in [4.69, 9.17) is 4.74 Å². The maximum atomic E-state index is 12.4. The van der Waals surface area contributed by atoms with Crippen LogP contribution in [0.2, 0.25) is 0 Å². The predicted octanol–water partition coefficient (Wildman–Crippen LogP) is 6.58. The van der Waals surface area contributed by atoms with Gasteiger partial charge < -0.3 is 15.0 Å². The molecule has 2 aromatic carbocycles. The summed E-state index contributed by atoms with van der Waals surface area (Å²) in [6.45, 7) is 0. The molecule has 0 unspecified atom stereocenters. The molecule has 0 amide bonds. The topological polar surface area (TPSA) is 73.7 Å². The summed E-state index contributed by atoms with van der Waals surface area (Å²) in [5.41, 5.74) is -2.49. The van der Waals surface area contributed by atoms with Gasteiger partial charge in [-0.1, -0.05) is 6.07 Å². The van der Waals surface area contributed by atoms with Crippen LogP contribution in [0.15, 0.2) is 71.8 Å². The van der Waals surface area contributed by atoms with Crippen LogP contribution >= 0.6 is 11.8 Å². The number of pyridine rings is 1. The van der Waals surface area contributed by atoms with Gasteiger partial charge in [-0.3, -0.25) is 0 Å². The third kappa shape index (κ3) is 4.85. The molecule has 4 aromatic rings. The number of hydrogen-bond acceptors (Lipinski definition) is 5. The molecule has 4 rings (SSSR count). The summed E-state index contributed by atoms with van der Waals surface area (Å²) >= 11 is -0.194. The molecule has 0 spiro atoms. The average molecular weight is 426 g/mol. The van der Waals surface area contributed by atoms with Gasteiger partial charge in [-0.05, 0) is 59.6 Å². The van der Waals surface area contributed by atoms with E-state index in [1.54, 1.807) is 6.07 Å². The fourth-order valence-corrected chi connectivity index (χ4v) is 3.34. The minimum atomic E-state index is -4.35. The number of alkyl halides is 3. The van der Waals surface area contributed by atoms with Crippen molar-refractivity contribution < 1.29 is 17.9 Å². The number of nitrogens with zero attached hydrogens (tertiary/aromatic N) is 2. The number of aromatic nitrogens is 2. The number of fused-ring (bicyclic) bond motifs is 1. The highest BCUT2D eigenvalue weighted by Gasteiger charge is 2.29. The summed E-state index contributed by atoms with van der Waals surface area (Å²) in [6.07, 6.45) is 1.84. The number of hydrogen-bond donors (Lipinski definition) is 2. The lowest BCUT2D eigenvalue weighted by Gasteiger charge is -2.11. The highest BCUT2D eigenvalue weighted by Crippen LogP contribution is 2.37. The first-order chi connectivity index (χ1) is 14.4. The quantitative estimate of drug-likeness (QED) is 0.353. The van der Waals surface area contributed by atoms with E-state index in [0.29, 0.717) is 17.3 Å². The largest absolute Gasteiger partial charge is 0.457 e. The van der Waals surface area contributed by atoms with Crippen LogP contribution in [0.3, 0.4) is 0 Å². The molecule has 0 aliphatic heterocycles. The van der Waals surface area contributed by atoms with E-state index < -0.39 is 5.51 Å². The van der Waals surface area contributed by atoms with E-state index in [-0.39, 0.29) is 22.4 Å². The van der Waals surface area contributed by atoms with Crippen molar-refractivity contribution in [1.29, 1.82) is 5.26 Å². The lowest BCUT2D eigenvalue weighted by atomic mass is 10.2. The molecular weight excluding hydrogens is 413 g/mol. The zero-order chi connectivity index (χ0) is 21.1. The van der Waals surface area contributed by atoms with Crippen molar-refractivity contribution in [1.82, 2.24) is 9.97 Å². The molecule has 0 aliphatic carbocycles. The molecule has 0 aliphatic rings. The smallest absolute Gasteiger partial charge is 0.446 e. The Kier molecular flexibility index (Phi) is 5.25. The summed E-state index contributed by atoms with van der Waals surface area (Å²) in [5, 5.41) is 13.5. The average Bonchev–Trinajstić information content (AvgIpc) is 3.16. The molecule has 0 radical (unpaired) electrons. The van der Waals surface area contributed by atoms with Crippen molar-refractivity contribution in [2.75, 3.05) is 5.32 Å². The Morgan fingerprint density at radius 3 is 2.53 bits per heavy atom. The van der Waals surface area contributed by atoms with Gasteiger partial charge in [0.05, 0.1) is 0 Å². The third-order valence-corrected chi connectivity index (χ3v) is 4.77. The van der Waals surface area contributed by atoms with Gasteiger partial charge in [-0.15, -0.1) is 0 Å². The van der Waals surface area contributed by atoms with Gasteiger partial charge in [-0.25, -0.2) is 4.98 Å². The summed E-state index contributed by atoms with van der Waals surface area (Å²) in [6, 6.07) is 18.3. The highest BCUT2D eigenvalue weighted by atomic mass is 32.2. The molecule has 2 heterocycles. The van der Waals surface area contributed by atoms with Crippen LogP contribution in [0, 0.1) is 11.3 Å². The standard InChI is InChI=1S/C21H13F3N4OS/c22-21(23,24)30-18-5-3-16(4-6-18)29-17-9-15(12-25)28-20(11-17)27-14-2-1-13-7-8-26-19(13)10-14/h1-11,26H,(H,27,28). The van der Waals surface area contributed by atoms with Gasteiger partial charge in [0.25, 0.3) is 0 Å². The number of anilines is 2. The maximum absolute atomic E-state index is 12.4. The fourth-order valence-electron chi connectivity index (χ4n) is 2.80. The maximum Gasteiger partial charge on any atom is 0.446 e. The van der Waals surface area contributed by atoms with Gasteiger partial charge in [0.15, 0.2) is 0 Å². The van der Waals surface area contributed by atoms with E-state index in [9.17, 15) is 18.4 Å². The van der Waals surface area contributed by atoms with Crippen LogP contribution in [0.4, 0.5) is 24.7 Å². The first kappa shape index (κ1) is 19.7. The fraction of sp³-hybridized carbons (Fsp3) is 0.0476. The minimum Gasteiger partial charge on any atom is -0.457 e. The number of ether oxygens (including phenoxy) is 1. The first-order valence-electron chi connectivity index (χ1n) is 8.68. The van der Waals surface area contributed by atoms with Gasteiger partial charge in [0, 0.05) is 34.4 Å². The number of nitrogens with one attached hydrogen (secondary N) is 2. The zero-order valence-electron chi connectivity index (χ0n) is 15.2. The van der Waals surface area contributed by atoms with Crippen LogP contribution in [0.5, 0.6) is 11.5 Å². The molecule has 150 valence electrons. The molecule has 0 bridgehead atoms. The second-order valence-corrected chi connectivity index (χ2v) is 7.35. The Hall–Kier alpha value is -3.64. The molecule has 5 nitrogen and oxygen atoms in total. The van der Waals surface area contributed by atoms with Crippen LogP contribution in [0.25, 0.3) is 10.9 Å². The van der Waals surface area contributed by atoms with Crippen LogP contribution in [-0.2, 0) is 0 Å². The Labute approximate surface area is 173 Å². The van der Waals surface area contributed by atoms with Crippen molar-refractivity contribution in [3.05, 3.63) is 72.6 Å². The van der Waals surface area contributed by atoms with E-state index in [1.165, 1.54) is 30.3 Å². The van der Waals surface area contributed by atoms with Crippen molar-refractivity contribution in [3.63, 3.8) is 0 Å². The van der Waals surface area contributed by atoms with Crippen LogP contribution in [0.1, 0.15) is 5.69 Å². The van der Waals surface area contributed by atoms with E-state index in [2.05, 4.69) is 15.3 Å². The number of thioether (sulfide) groups is 1. The number of aromatic amines is 1. The van der Waals surface area contributed by atoms with E-state index in [1.807, 2.05) is 36.5 Å². The van der Waals surface area contributed by atoms with Gasteiger partial charge in [0.1, 0.15) is 29.1 Å². The second-order valence-electron chi connectivity index (χ2n) is 6.21. The van der Waals surface area contributed by atoms with E-state index >= 15 is 0 Å². The Balaban J connectivity index is 1.54. The molecule has 0 fully saturated rings.